The molecule has 26 heavy (non-hydrogen) atoms. The van der Waals surface area contributed by atoms with Gasteiger partial charge in [0.1, 0.15) is 16.9 Å². The molecule has 0 saturated heterocycles. The highest BCUT2D eigenvalue weighted by molar-refractivity contribution is 6.08. The molecule has 0 saturated carbocycles. The van der Waals surface area contributed by atoms with Crippen LogP contribution in [0.4, 0.5) is 5.69 Å². The van der Waals surface area contributed by atoms with Crippen molar-refractivity contribution in [3.63, 3.8) is 0 Å². The fourth-order valence-corrected chi connectivity index (χ4v) is 3.50. The third-order valence-corrected chi connectivity index (χ3v) is 4.67. The summed E-state index contributed by atoms with van der Waals surface area (Å²) in [5, 5.41) is 0.691. The lowest BCUT2D eigenvalue weighted by atomic mass is 10.1. The Bertz CT molecular complexity index is 1050. The molecule has 5 nitrogen and oxygen atoms in total. The molecule has 1 atom stereocenters. The van der Waals surface area contributed by atoms with Gasteiger partial charge in [0.2, 0.25) is 0 Å². The fourth-order valence-electron chi connectivity index (χ4n) is 3.50. The molecule has 0 radical (unpaired) electrons. The zero-order valence-corrected chi connectivity index (χ0v) is 14.7. The number of ether oxygens (including phenoxy) is 1. The molecule has 0 aliphatic carbocycles. The van der Waals surface area contributed by atoms with Gasteiger partial charge in [-0.3, -0.25) is 4.79 Å². The number of hydrogen-bond acceptors (Lipinski definition) is 4. The van der Waals surface area contributed by atoms with Crippen LogP contribution < -0.4 is 15.3 Å². The number of benzene rings is 2. The van der Waals surface area contributed by atoms with Crippen LogP contribution in [0.3, 0.4) is 0 Å². The molecule has 0 fully saturated rings. The molecule has 4 rings (SSSR count). The van der Waals surface area contributed by atoms with Crippen molar-refractivity contribution in [2.75, 3.05) is 11.5 Å². The Labute approximate surface area is 150 Å². The molecule has 1 aromatic heterocycles. The van der Waals surface area contributed by atoms with E-state index in [-0.39, 0.29) is 17.5 Å². The van der Waals surface area contributed by atoms with E-state index in [2.05, 4.69) is 0 Å². The second kappa shape index (κ2) is 6.33. The molecule has 3 aromatic rings. The summed E-state index contributed by atoms with van der Waals surface area (Å²) >= 11 is 0. The molecule has 132 valence electrons. The van der Waals surface area contributed by atoms with E-state index in [1.165, 1.54) is 0 Å². The molecular formula is C21H19NO4. The summed E-state index contributed by atoms with van der Waals surface area (Å²) < 4.78 is 10.8. The summed E-state index contributed by atoms with van der Waals surface area (Å²) in [6.07, 6.45) is 0.776. The first-order valence-corrected chi connectivity index (χ1v) is 8.70. The van der Waals surface area contributed by atoms with E-state index in [0.717, 1.165) is 17.7 Å². The lowest BCUT2D eigenvalue weighted by Gasteiger charge is -2.22. The van der Waals surface area contributed by atoms with E-state index < -0.39 is 5.63 Å². The maximum Gasteiger partial charge on any atom is 0.349 e. The molecular weight excluding hydrogens is 330 g/mol. The van der Waals surface area contributed by atoms with Crippen molar-refractivity contribution in [2.45, 2.75) is 26.3 Å². The summed E-state index contributed by atoms with van der Waals surface area (Å²) in [5.74, 6) is 0.302. The Morgan fingerprint density at radius 1 is 1.23 bits per heavy atom. The highest BCUT2D eigenvalue weighted by atomic mass is 16.5. The Balaban J connectivity index is 1.77. The first-order chi connectivity index (χ1) is 12.6. The van der Waals surface area contributed by atoms with Crippen LogP contribution in [0.1, 0.15) is 29.8 Å². The van der Waals surface area contributed by atoms with Crippen LogP contribution in [0.15, 0.2) is 57.7 Å². The minimum Gasteiger partial charge on any atom is -0.494 e. The first kappa shape index (κ1) is 16.4. The number of anilines is 1. The molecule has 1 aliphatic heterocycles. The van der Waals surface area contributed by atoms with E-state index in [1.54, 1.807) is 29.2 Å². The van der Waals surface area contributed by atoms with Gasteiger partial charge < -0.3 is 14.1 Å². The topological polar surface area (TPSA) is 59.8 Å². The Hall–Kier alpha value is -3.08. The molecule has 1 amide bonds. The van der Waals surface area contributed by atoms with Crippen LogP contribution in [0.2, 0.25) is 0 Å². The van der Waals surface area contributed by atoms with Gasteiger partial charge in [0.05, 0.1) is 6.61 Å². The normalized spacial score (nSPS) is 15.9. The van der Waals surface area contributed by atoms with Gasteiger partial charge in [-0.25, -0.2) is 4.79 Å². The van der Waals surface area contributed by atoms with Crippen molar-refractivity contribution < 1.29 is 13.9 Å². The lowest BCUT2D eigenvalue weighted by molar-refractivity contribution is 0.0978. The molecule has 2 heterocycles. The third kappa shape index (κ3) is 2.65. The van der Waals surface area contributed by atoms with Gasteiger partial charge in [-0.15, -0.1) is 0 Å². The predicted molar refractivity (Wildman–Crippen MR) is 100 cm³/mol. The smallest absolute Gasteiger partial charge is 0.349 e. The second-order valence-corrected chi connectivity index (χ2v) is 6.44. The van der Waals surface area contributed by atoms with E-state index in [4.69, 9.17) is 9.15 Å². The van der Waals surface area contributed by atoms with Crippen molar-refractivity contribution >= 4 is 22.6 Å². The Morgan fingerprint density at radius 3 is 2.85 bits per heavy atom. The van der Waals surface area contributed by atoms with Crippen LogP contribution in [0, 0.1) is 0 Å². The quantitative estimate of drug-likeness (QED) is 0.675. The van der Waals surface area contributed by atoms with Crippen LogP contribution in [-0.4, -0.2) is 18.6 Å². The van der Waals surface area contributed by atoms with Gasteiger partial charge in [0.15, 0.2) is 0 Å². The summed E-state index contributed by atoms with van der Waals surface area (Å²) in [4.78, 5) is 27.2. The Morgan fingerprint density at radius 2 is 2.04 bits per heavy atom. The van der Waals surface area contributed by atoms with E-state index in [0.29, 0.717) is 23.3 Å². The van der Waals surface area contributed by atoms with Gasteiger partial charge in [-0.05, 0) is 50.1 Å². The van der Waals surface area contributed by atoms with Gasteiger partial charge in [0, 0.05) is 23.2 Å². The molecule has 0 bridgehead atoms. The van der Waals surface area contributed by atoms with Gasteiger partial charge >= 0.3 is 5.63 Å². The van der Waals surface area contributed by atoms with Gasteiger partial charge in [0.25, 0.3) is 5.91 Å². The summed E-state index contributed by atoms with van der Waals surface area (Å²) in [6.45, 7) is 4.39. The van der Waals surface area contributed by atoms with Crippen molar-refractivity contribution in [1.29, 1.82) is 0 Å². The van der Waals surface area contributed by atoms with Crippen LogP contribution >= 0.6 is 0 Å². The number of amides is 1. The molecule has 5 heteroatoms. The van der Waals surface area contributed by atoms with Gasteiger partial charge in [-0.2, -0.15) is 0 Å². The maximum atomic E-state index is 13.1. The average Bonchev–Trinajstić information content (AvgIpc) is 2.96. The third-order valence-electron chi connectivity index (χ3n) is 4.67. The largest absolute Gasteiger partial charge is 0.494 e. The summed E-state index contributed by atoms with van der Waals surface area (Å²) in [7, 11) is 0. The molecule has 2 aromatic carbocycles. The molecule has 0 N–H and O–H groups in total. The zero-order valence-electron chi connectivity index (χ0n) is 14.7. The Kier molecular flexibility index (Phi) is 3.99. The number of para-hydroxylation sites is 1. The first-order valence-electron chi connectivity index (χ1n) is 8.70. The standard InChI is InChI=1S/C21H19NO4/c1-3-25-16-9-8-15-11-17(21(24)26-19(15)12-16)20(23)22-13(2)10-14-6-4-5-7-18(14)22/h4-9,11-13H,3,10H2,1-2H3. The zero-order chi connectivity index (χ0) is 18.3. The summed E-state index contributed by atoms with van der Waals surface area (Å²) in [5.41, 5.74) is 1.79. The monoisotopic (exact) mass is 349 g/mol. The van der Waals surface area contributed by atoms with Crippen LogP contribution in [0.25, 0.3) is 11.0 Å². The minimum atomic E-state index is -0.632. The summed E-state index contributed by atoms with van der Waals surface area (Å²) in [6, 6.07) is 14.6. The van der Waals surface area contributed by atoms with Gasteiger partial charge in [-0.1, -0.05) is 18.2 Å². The highest BCUT2D eigenvalue weighted by Gasteiger charge is 2.32. The highest BCUT2D eigenvalue weighted by Crippen LogP contribution is 2.33. The van der Waals surface area contributed by atoms with Crippen molar-refractivity contribution in [3.05, 3.63) is 70.1 Å². The fraction of sp³-hybridized carbons (Fsp3) is 0.238. The molecule has 1 aliphatic rings. The lowest BCUT2D eigenvalue weighted by Crippen LogP contribution is -2.38. The maximum absolute atomic E-state index is 13.1. The van der Waals surface area contributed by atoms with Crippen LogP contribution in [-0.2, 0) is 6.42 Å². The van der Waals surface area contributed by atoms with Crippen molar-refractivity contribution in [3.8, 4) is 5.75 Å². The number of carbonyl (C=O) groups is 1. The van der Waals surface area contributed by atoms with E-state index in [9.17, 15) is 9.59 Å². The number of rotatable bonds is 3. The number of fused-ring (bicyclic) bond motifs is 2. The average molecular weight is 349 g/mol. The SMILES string of the molecule is CCOc1ccc2cc(C(=O)N3c4ccccc4CC3C)c(=O)oc2c1. The second-order valence-electron chi connectivity index (χ2n) is 6.44. The minimum absolute atomic E-state index is 0.00433. The van der Waals surface area contributed by atoms with E-state index in [1.807, 2.05) is 38.1 Å². The van der Waals surface area contributed by atoms with Crippen molar-refractivity contribution in [1.82, 2.24) is 0 Å². The van der Waals surface area contributed by atoms with E-state index >= 15 is 0 Å². The number of carbonyl (C=O) groups excluding carboxylic acids is 1. The molecule has 0 spiro atoms. The van der Waals surface area contributed by atoms with Crippen molar-refractivity contribution in [2.24, 2.45) is 0 Å². The number of nitrogens with zero attached hydrogens (tertiary/aromatic N) is 1. The number of hydrogen-bond donors (Lipinski definition) is 0. The van der Waals surface area contributed by atoms with Crippen LogP contribution in [0.5, 0.6) is 5.75 Å². The molecule has 1 unspecified atom stereocenters. The predicted octanol–water partition coefficient (Wildman–Crippen LogP) is 3.78.